The maximum atomic E-state index is 12.8. The van der Waals surface area contributed by atoms with Crippen LogP contribution < -0.4 is 5.32 Å². The van der Waals surface area contributed by atoms with Gasteiger partial charge in [-0.05, 0) is 61.5 Å². The van der Waals surface area contributed by atoms with Crippen LogP contribution in [0.5, 0.6) is 0 Å². The topological polar surface area (TPSA) is 51.9 Å². The predicted octanol–water partition coefficient (Wildman–Crippen LogP) is 6.09. The van der Waals surface area contributed by atoms with Crippen LogP contribution >= 0.6 is 28.1 Å². The fourth-order valence-corrected chi connectivity index (χ4v) is 4.11. The van der Waals surface area contributed by atoms with Crippen molar-refractivity contribution in [1.82, 2.24) is 14.3 Å². The zero-order chi connectivity index (χ0) is 22.0. The van der Waals surface area contributed by atoms with Gasteiger partial charge in [0, 0.05) is 21.4 Å². The molecule has 3 aromatic carbocycles. The molecule has 156 valence electrons. The molecule has 0 aliphatic carbocycles. The van der Waals surface area contributed by atoms with Gasteiger partial charge in [0.05, 0.1) is 0 Å². The van der Waals surface area contributed by atoms with Gasteiger partial charge in [0.25, 0.3) is 0 Å². The summed E-state index contributed by atoms with van der Waals surface area (Å²) in [4.78, 5) is 12.8. The van der Waals surface area contributed by atoms with E-state index in [2.05, 4.69) is 21.2 Å². The molecule has 0 radical (unpaired) electrons. The van der Waals surface area contributed by atoms with Gasteiger partial charge >= 0.3 is 0 Å². The highest BCUT2D eigenvalue weighted by atomic mass is 79.9. The summed E-state index contributed by atoms with van der Waals surface area (Å²) >= 11 is 9.34. The number of nitrogens with zero attached hydrogens (tertiary/aromatic N) is 3. The molecule has 1 heterocycles. The zero-order valence-corrected chi connectivity index (χ0v) is 19.6. The third-order valence-electron chi connectivity index (χ3n) is 5.14. The first-order chi connectivity index (χ1) is 15.0. The molecule has 31 heavy (non-hydrogen) atoms. The number of anilines is 1. The molecule has 0 unspecified atom stereocenters. The lowest BCUT2D eigenvalue weighted by molar-refractivity contribution is -0.116. The fraction of sp³-hybridized carbons (Fsp3) is 0.125. The number of aromatic nitrogens is 3. The van der Waals surface area contributed by atoms with Gasteiger partial charge in [-0.1, -0.05) is 64.5 Å². The molecular weight excluding hydrogens is 472 g/mol. The molecule has 0 fully saturated rings. The van der Waals surface area contributed by atoms with Gasteiger partial charge in [0.1, 0.15) is 6.54 Å². The number of halogens is 1. The molecule has 0 aliphatic heterocycles. The molecule has 0 bridgehead atoms. The number of rotatable bonds is 5. The third kappa shape index (κ3) is 4.38. The molecule has 0 saturated carbocycles. The van der Waals surface area contributed by atoms with Crippen molar-refractivity contribution in [3.05, 3.63) is 93.2 Å². The molecule has 5 nitrogen and oxygen atoms in total. The number of carbonyl (C=O) groups is 1. The summed E-state index contributed by atoms with van der Waals surface area (Å²) in [6.07, 6.45) is 0. The first-order valence-electron chi connectivity index (χ1n) is 9.82. The number of hydrogen-bond donors (Lipinski definition) is 1. The summed E-state index contributed by atoms with van der Waals surface area (Å²) in [5.74, 6) is 0.490. The van der Waals surface area contributed by atoms with Gasteiger partial charge in [-0.25, -0.2) is 4.68 Å². The highest BCUT2D eigenvalue weighted by Gasteiger charge is 2.18. The molecule has 0 saturated heterocycles. The van der Waals surface area contributed by atoms with Crippen LogP contribution in [0.4, 0.5) is 5.69 Å². The summed E-state index contributed by atoms with van der Waals surface area (Å²) in [5.41, 5.74) is 4.75. The highest BCUT2D eigenvalue weighted by Crippen LogP contribution is 2.29. The second-order valence-electron chi connectivity index (χ2n) is 7.21. The molecule has 4 aromatic rings. The molecule has 1 amide bonds. The van der Waals surface area contributed by atoms with Crippen molar-refractivity contribution in [3.8, 4) is 17.1 Å². The monoisotopic (exact) mass is 492 g/mol. The Morgan fingerprint density at radius 3 is 2.45 bits per heavy atom. The van der Waals surface area contributed by atoms with Crippen LogP contribution in [0, 0.1) is 18.6 Å². The molecule has 0 spiro atoms. The smallest absolute Gasteiger partial charge is 0.246 e. The van der Waals surface area contributed by atoms with Crippen molar-refractivity contribution in [1.29, 1.82) is 0 Å². The van der Waals surface area contributed by atoms with E-state index in [9.17, 15) is 4.79 Å². The second kappa shape index (κ2) is 8.99. The standard InChI is InChI=1S/C24H21BrN4OS/c1-16-9-8-14-21(17(16)2)26-22(30)15-28-24(31)29(18-10-4-3-5-11-18)23(27-28)19-12-6-7-13-20(19)25/h3-14H,15H2,1-2H3,(H,26,30). The van der Waals surface area contributed by atoms with E-state index in [4.69, 9.17) is 17.3 Å². The Hall–Kier alpha value is -3.03. The fourth-order valence-electron chi connectivity index (χ4n) is 3.35. The number of benzene rings is 3. The van der Waals surface area contributed by atoms with Crippen molar-refractivity contribution < 1.29 is 4.79 Å². The van der Waals surface area contributed by atoms with E-state index in [-0.39, 0.29) is 12.5 Å². The summed E-state index contributed by atoms with van der Waals surface area (Å²) in [7, 11) is 0. The maximum Gasteiger partial charge on any atom is 0.246 e. The molecule has 1 aromatic heterocycles. The molecule has 1 N–H and O–H groups in total. The summed E-state index contributed by atoms with van der Waals surface area (Å²) in [5, 5.41) is 7.71. The van der Waals surface area contributed by atoms with Gasteiger partial charge in [-0.15, -0.1) is 0 Å². The molecule has 4 rings (SSSR count). The van der Waals surface area contributed by atoms with Gasteiger partial charge in [0.2, 0.25) is 10.7 Å². The first-order valence-corrected chi connectivity index (χ1v) is 11.0. The van der Waals surface area contributed by atoms with Crippen LogP contribution in [0.15, 0.2) is 77.3 Å². The quantitative estimate of drug-likeness (QED) is 0.343. The number of hydrogen-bond acceptors (Lipinski definition) is 3. The largest absolute Gasteiger partial charge is 0.324 e. The van der Waals surface area contributed by atoms with Crippen molar-refractivity contribution in [2.45, 2.75) is 20.4 Å². The summed E-state index contributed by atoms with van der Waals surface area (Å²) in [6.45, 7) is 4.03. The van der Waals surface area contributed by atoms with Crippen LogP contribution in [0.2, 0.25) is 0 Å². The second-order valence-corrected chi connectivity index (χ2v) is 8.43. The lowest BCUT2D eigenvalue weighted by Gasteiger charge is -2.10. The van der Waals surface area contributed by atoms with E-state index in [0.29, 0.717) is 10.6 Å². The Labute approximate surface area is 194 Å². The number of carbonyl (C=O) groups excluding carboxylic acids is 1. The van der Waals surface area contributed by atoms with E-state index in [1.54, 1.807) is 4.68 Å². The summed E-state index contributed by atoms with van der Waals surface area (Å²) in [6, 6.07) is 23.5. The lowest BCUT2D eigenvalue weighted by atomic mass is 10.1. The predicted molar refractivity (Wildman–Crippen MR) is 130 cm³/mol. The minimum absolute atomic E-state index is 0.0174. The normalized spacial score (nSPS) is 10.8. The molecule has 0 aliphatic rings. The van der Waals surface area contributed by atoms with Crippen LogP contribution in [0.3, 0.4) is 0 Å². The van der Waals surface area contributed by atoms with E-state index < -0.39 is 0 Å². The number of aryl methyl sites for hydroxylation is 1. The Kier molecular flexibility index (Phi) is 6.15. The van der Waals surface area contributed by atoms with Crippen molar-refractivity contribution in [3.63, 3.8) is 0 Å². The van der Waals surface area contributed by atoms with E-state index in [1.807, 2.05) is 91.2 Å². The summed E-state index contributed by atoms with van der Waals surface area (Å²) < 4.78 is 4.81. The lowest BCUT2D eigenvalue weighted by Crippen LogP contribution is -2.20. The molecule has 7 heteroatoms. The minimum Gasteiger partial charge on any atom is -0.324 e. The van der Waals surface area contributed by atoms with Gasteiger partial charge in [-0.2, -0.15) is 5.10 Å². The minimum atomic E-state index is -0.179. The van der Waals surface area contributed by atoms with Gasteiger partial charge < -0.3 is 5.32 Å². The van der Waals surface area contributed by atoms with Crippen molar-refractivity contribution in [2.24, 2.45) is 0 Å². The average molecular weight is 493 g/mol. The number of amides is 1. The van der Waals surface area contributed by atoms with Crippen LogP contribution in [-0.2, 0) is 11.3 Å². The van der Waals surface area contributed by atoms with E-state index in [1.165, 1.54) is 0 Å². The van der Waals surface area contributed by atoms with Gasteiger partial charge in [0.15, 0.2) is 5.82 Å². The highest BCUT2D eigenvalue weighted by molar-refractivity contribution is 9.10. The maximum absolute atomic E-state index is 12.8. The Morgan fingerprint density at radius 2 is 1.71 bits per heavy atom. The Balaban J connectivity index is 1.74. The van der Waals surface area contributed by atoms with Crippen molar-refractivity contribution >= 4 is 39.7 Å². The van der Waals surface area contributed by atoms with Gasteiger partial charge in [-0.3, -0.25) is 9.36 Å². The van der Waals surface area contributed by atoms with E-state index >= 15 is 0 Å². The first kappa shape index (κ1) is 21.2. The third-order valence-corrected chi connectivity index (χ3v) is 6.23. The SMILES string of the molecule is Cc1cccc(NC(=O)Cn2nc(-c3ccccc3Br)n(-c3ccccc3)c2=S)c1C. The Morgan fingerprint density at radius 1 is 1.00 bits per heavy atom. The van der Waals surface area contributed by atoms with Crippen LogP contribution in [0.1, 0.15) is 11.1 Å². The molecular formula is C24H21BrN4OS. The van der Waals surface area contributed by atoms with Crippen molar-refractivity contribution in [2.75, 3.05) is 5.32 Å². The van der Waals surface area contributed by atoms with Crippen LogP contribution in [0.25, 0.3) is 17.1 Å². The number of para-hydroxylation sites is 1. The van der Waals surface area contributed by atoms with Crippen LogP contribution in [-0.4, -0.2) is 20.3 Å². The number of nitrogens with one attached hydrogen (secondary N) is 1. The van der Waals surface area contributed by atoms with E-state index in [0.717, 1.165) is 32.5 Å². The molecule has 0 atom stereocenters. The average Bonchev–Trinajstić information content (AvgIpc) is 3.08. The zero-order valence-electron chi connectivity index (χ0n) is 17.2. The Bertz CT molecular complexity index is 1310.